The molecule has 5 heterocycles. The van der Waals surface area contributed by atoms with Crippen molar-refractivity contribution >= 4 is 76.5 Å². The van der Waals surface area contributed by atoms with E-state index in [9.17, 15) is 0 Å². The van der Waals surface area contributed by atoms with Crippen LogP contribution in [0.4, 0.5) is 0 Å². The molecule has 0 aliphatic heterocycles. The molecule has 0 N–H and O–H groups in total. The first-order chi connectivity index (χ1) is 21.3. The van der Waals surface area contributed by atoms with Crippen LogP contribution in [-0.2, 0) is 0 Å². The van der Waals surface area contributed by atoms with Crippen LogP contribution in [0.1, 0.15) is 0 Å². The third-order valence-corrected chi connectivity index (χ3v) is 8.65. The van der Waals surface area contributed by atoms with Gasteiger partial charge in [0, 0.05) is 62.0 Å². The molecular formula is C37H21N5O. The van der Waals surface area contributed by atoms with Gasteiger partial charge in [-0.05, 0) is 42.5 Å². The van der Waals surface area contributed by atoms with Crippen LogP contribution in [-0.4, -0.2) is 24.1 Å². The van der Waals surface area contributed by atoms with E-state index in [0.717, 1.165) is 71.4 Å². The van der Waals surface area contributed by atoms with Crippen molar-refractivity contribution < 1.29 is 4.42 Å². The number of fused-ring (bicyclic) bond motifs is 11. The lowest BCUT2D eigenvalue weighted by Crippen LogP contribution is -2.03. The second-order valence-electron chi connectivity index (χ2n) is 10.9. The van der Waals surface area contributed by atoms with Crippen molar-refractivity contribution in [2.75, 3.05) is 0 Å². The lowest BCUT2D eigenvalue weighted by Gasteiger charge is -2.12. The summed E-state index contributed by atoms with van der Waals surface area (Å²) in [6.45, 7) is 0. The Kier molecular flexibility index (Phi) is 4.36. The van der Waals surface area contributed by atoms with Gasteiger partial charge in [0.15, 0.2) is 0 Å². The molecule has 0 atom stereocenters. The molecule has 5 aromatic heterocycles. The van der Waals surface area contributed by atoms with E-state index in [4.69, 9.17) is 14.4 Å². The fourth-order valence-corrected chi connectivity index (χ4v) is 6.80. The maximum Gasteiger partial charge on any atom is 0.235 e. The van der Waals surface area contributed by atoms with Crippen molar-refractivity contribution in [1.29, 1.82) is 0 Å². The molecule has 6 heteroatoms. The first-order valence-corrected chi connectivity index (χ1v) is 14.3. The molecule has 6 nitrogen and oxygen atoms in total. The first kappa shape index (κ1) is 22.7. The summed E-state index contributed by atoms with van der Waals surface area (Å²) in [7, 11) is 0. The van der Waals surface area contributed by atoms with E-state index in [1.807, 2.05) is 24.4 Å². The molecule has 0 aliphatic carbocycles. The molecule has 0 bridgehead atoms. The maximum absolute atomic E-state index is 6.19. The minimum Gasteiger partial charge on any atom is -0.456 e. The highest BCUT2D eigenvalue weighted by molar-refractivity contribution is 6.23. The van der Waals surface area contributed by atoms with Crippen molar-refractivity contribution in [3.05, 3.63) is 128 Å². The third kappa shape index (κ3) is 3.04. The highest BCUT2D eigenvalue weighted by Gasteiger charge is 2.22. The van der Waals surface area contributed by atoms with Crippen LogP contribution in [0.3, 0.4) is 0 Å². The van der Waals surface area contributed by atoms with E-state index in [2.05, 4.69) is 105 Å². The van der Waals surface area contributed by atoms with Crippen molar-refractivity contribution in [3.8, 4) is 11.6 Å². The normalized spacial score (nSPS) is 12.2. The number of nitrogens with zero attached hydrogens (tertiary/aromatic N) is 5. The number of hydrogen-bond donors (Lipinski definition) is 0. The number of pyridine rings is 1. The molecule has 0 spiro atoms. The van der Waals surface area contributed by atoms with Gasteiger partial charge in [0.2, 0.25) is 5.95 Å². The van der Waals surface area contributed by atoms with E-state index < -0.39 is 0 Å². The van der Waals surface area contributed by atoms with Gasteiger partial charge in [0.1, 0.15) is 11.2 Å². The molecule has 0 unspecified atom stereocenters. The molecule has 0 amide bonds. The van der Waals surface area contributed by atoms with Crippen LogP contribution in [0.25, 0.3) is 88.1 Å². The van der Waals surface area contributed by atoms with E-state index in [-0.39, 0.29) is 0 Å². The lowest BCUT2D eigenvalue weighted by atomic mass is 10.1. The highest BCUT2D eigenvalue weighted by Crippen LogP contribution is 2.42. The summed E-state index contributed by atoms with van der Waals surface area (Å²) in [5.41, 5.74) is 8.08. The van der Waals surface area contributed by atoms with E-state index in [1.165, 1.54) is 10.8 Å². The van der Waals surface area contributed by atoms with Gasteiger partial charge < -0.3 is 8.98 Å². The quantitative estimate of drug-likeness (QED) is 0.215. The zero-order valence-corrected chi connectivity index (χ0v) is 22.8. The van der Waals surface area contributed by atoms with Gasteiger partial charge in [-0.3, -0.25) is 9.55 Å². The Morgan fingerprint density at radius 2 is 1.21 bits per heavy atom. The minimum atomic E-state index is 0.630. The Hall–Kier alpha value is -6.01. The van der Waals surface area contributed by atoms with Crippen LogP contribution >= 0.6 is 0 Å². The number of furan rings is 1. The number of hydrogen-bond acceptors (Lipinski definition) is 4. The summed E-state index contributed by atoms with van der Waals surface area (Å²) in [4.78, 5) is 14.2. The second kappa shape index (κ2) is 8.27. The van der Waals surface area contributed by atoms with Gasteiger partial charge in [0.25, 0.3) is 0 Å². The van der Waals surface area contributed by atoms with E-state index in [1.54, 1.807) is 12.4 Å². The fourth-order valence-electron chi connectivity index (χ4n) is 6.80. The summed E-state index contributed by atoms with van der Waals surface area (Å²) in [6, 6.07) is 38.3. The largest absolute Gasteiger partial charge is 0.456 e. The Morgan fingerprint density at radius 3 is 2.02 bits per heavy atom. The van der Waals surface area contributed by atoms with Crippen LogP contribution in [0.5, 0.6) is 0 Å². The number of rotatable bonds is 2. The Balaban J connectivity index is 1.41. The predicted molar refractivity (Wildman–Crippen MR) is 173 cm³/mol. The van der Waals surface area contributed by atoms with Crippen LogP contribution in [0.15, 0.2) is 132 Å². The zero-order valence-electron chi connectivity index (χ0n) is 22.8. The number of para-hydroxylation sites is 3. The monoisotopic (exact) mass is 551 g/mol. The van der Waals surface area contributed by atoms with Crippen LogP contribution < -0.4 is 0 Å². The predicted octanol–water partition coefficient (Wildman–Crippen LogP) is 9.12. The van der Waals surface area contributed by atoms with Gasteiger partial charge in [-0.25, -0.2) is 9.97 Å². The van der Waals surface area contributed by atoms with Crippen molar-refractivity contribution in [3.63, 3.8) is 0 Å². The molecular weight excluding hydrogens is 530 g/mol. The van der Waals surface area contributed by atoms with Gasteiger partial charge in [0.05, 0.1) is 27.6 Å². The first-order valence-electron chi connectivity index (χ1n) is 14.3. The average molecular weight is 552 g/mol. The molecule has 0 saturated heterocycles. The van der Waals surface area contributed by atoms with Crippen molar-refractivity contribution in [2.45, 2.75) is 0 Å². The molecule has 200 valence electrons. The Labute approximate surface area is 244 Å². The SMILES string of the molecule is c1ccc2c(c1)oc1ccc(-n3c4ccccc4c4ccc5c6ccccc6n(-c6ncc7cnccc7n6)c5c43)cc12. The molecule has 10 aromatic rings. The van der Waals surface area contributed by atoms with E-state index in [0.29, 0.717) is 5.95 Å². The molecule has 0 radical (unpaired) electrons. The summed E-state index contributed by atoms with van der Waals surface area (Å²) in [5, 5.41) is 7.79. The van der Waals surface area contributed by atoms with Gasteiger partial charge in [-0.15, -0.1) is 0 Å². The Bertz CT molecular complexity index is 2750. The van der Waals surface area contributed by atoms with Crippen LogP contribution in [0.2, 0.25) is 0 Å². The van der Waals surface area contributed by atoms with Crippen molar-refractivity contribution in [1.82, 2.24) is 24.1 Å². The summed E-state index contributed by atoms with van der Waals surface area (Å²) < 4.78 is 10.8. The number of aromatic nitrogens is 5. The zero-order chi connectivity index (χ0) is 28.1. The molecule has 0 saturated carbocycles. The number of benzene rings is 5. The maximum atomic E-state index is 6.19. The van der Waals surface area contributed by atoms with E-state index >= 15 is 0 Å². The lowest BCUT2D eigenvalue weighted by molar-refractivity contribution is 0.669. The van der Waals surface area contributed by atoms with Gasteiger partial charge in [-0.2, -0.15) is 0 Å². The minimum absolute atomic E-state index is 0.630. The van der Waals surface area contributed by atoms with Gasteiger partial charge in [-0.1, -0.05) is 66.7 Å². The Morgan fingerprint density at radius 1 is 0.535 bits per heavy atom. The average Bonchev–Trinajstić information content (AvgIpc) is 3.72. The standard InChI is InChI=1S/C37H21N5O/c1-4-10-31-24(7-1)27-14-15-28-25-8-2-5-11-32(25)42(37-39-21-22-20-38-18-17-30(22)40-37)36(28)35(27)41(31)23-13-16-34-29(19-23)26-9-3-6-12-33(26)43-34/h1-21H. The molecule has 43 heavy (non-hydrogen) atoms. The fraction of sp³-hybridized carbons (Fsp3) is 0. The molecule has 0 fully saturated rings. The molecule has 5 aromatic carbocycles. The molecule has 0 aliphatic rings. The smallest absolute Gasteiger partial charge is 0.235 e. The summed E-state index contributed by atoms with van der Waals surface area (Å²) in [6.07, 6.45) is 5.44. The topological polar surface area (TPSA) is 61.7 Å². The molecule has 10 rings (SSSR count). The van der Waals surface area contributed by atoms with Gasteiger partial charge >= 0.3 is 0 Å². The second-order valence-corrected chi connectivity index (χ2v) is 10.9. The summed E-state index contributed by atoms with van der Waals surface area (Å²) in [5.74, 6) is 0.630. The van der Waals surface area contributed by atoms with Crippen LogP contribution in [0, 0.1) is 0 Å². The summed E-state index contributed by atoms with van der Waals surface area (Å²) >= 11 is 0. The third-order valence-electron chi connectivity index (χ3n) is 8.65. The highest BCUT2D eigenvalue weighted by atomic mass is 16.3. The van der Waals surface area contributed by atoms with Crippen molar-refractivity contribution in [2.24, 2.45) is 0 Å².